The Hall–Kier alpha value is -1.41. The van der Waals surface area contributed by atoms with Crippen molar-refractivity contribution < 1.29 is 4.39 Å². The summed E-state index contributed by atoms with van der Waals surface area (Å²) in [5.41, 5.74) is 1.41. The van der Waals surface area contributed by atoms with Crippen LogP contribution in [0.25, 0.3) is 11.3 Å². The number of aromatic nitrogens is 1. The smallest absolute Gasteiger partial charge is 0.126 e. The average molecular weight is 208 g/mol. The number of hydrogen-bond donors (Lipinski definition) is 0. The van der Waals surface area contributed by atoms with E-state index in [9.17, 15) is 4.39 Å². The molecule has 0 amide bonds. The first-order valence-electron chi connectivity index (χ1n) is 4.13. The first-order valence-corrected chi connectivity index (χ1v) is 4.51. The van der Waals surface area contributed by atoms with Crippen LogP contribution in [0.1, 0.15) is 0 Å². The number of benzene rings is 1. The molecule has 1 aromatic heterocycles. The standard InChI is InChI=1S/C11H7ClFN/c12-9-3-1-2-8(6-9)11-7-10(13)4-5-14-11/h1-7H. The van der Waals surface area contributed by atoms with E-state index >= 15 is 0 Å². The van der Waals surface area contributed by atoms with Gasteiger partial charge in [0.2, 0.25) is 0 Å². The summed E-state index contributed by atoms with van der Waals surface area (Å²) >= 11 is 5.81. The monoisotopic (exact) mass is 207 g/mol. The molecule has 0 aliphatic rings. The lowest BCUT2D eigenvalue weighted by Gasteiger charge is -2.00. The van der Waals surface area contributed by atoms with Crippen molar-refractivity contribution in [1.82, 2.24) is 4.98 Å². The summed E-state index contributed by atoms with van der Waals surface area (Å²) in [5, 5.41) is 0.619. The lowest BCUT2D eigenvalue weighted by atomic mass is 10.1. The van der Waals surface area contributed by atoms with Gasteiger partial charge in [0.25, 0.3) is 0 Å². The van der Waals surface area contributed by atoms with Crippen LogP contribution in [0.15, 0.2) is 42.6 Å². The van der Waals surface area contributed by atoms with Gasteiger partial charge >= 0.3 is 0 Å². The summed E-state index contributed by atoms with van der Waals surface area (Å²) in [7, 11) is 0. The van der Waals surface area contributed by atoms with E-state index in [1.807, 2.05) is 12.1 Å². The quantitative estimate of drug-likeness (QED) is 0.697. The predicted molar refractivity (Wildman–Crippen MR) is 54.6 cm³/mol. The van der Waals surface area contributed by atoms with Gasteiger partial charge in [-0.25, -0.2) is 4.39 Å². The van der Waals surface area contributed by atoms with Gasteiger partial charge in [-0.15, -0.1) is 0 Å². The van der Waals surface area contributed by atoms with Crippen molar-refractivity contribution in [3.63, 3.8) is 0 Å². The van der Waals surface area contributed by atoms with Crippen molar-refractivity contribution in [3.05, 3.63) is 53.4 Å². The molecule has 0 bridgehead atoms. The van der Waals surface area contributed by atoms with Gasteiger partial charge in [0.05, 0.1) is 5.69 Å². The Morgan fingerprint density at radius 1 is 1.14 bits per heavy atom. The molecule has 0 unspecified atom stereocenters. The van der Waals surface area contributed by atoms with Crippen molar-refractivity contribution in [2.45, 2.75) is 0 Å². The number of rotatable bonds is 1. The Kier molecular flexibility index (Phi) is 2.46. The van der Waals surface area contributed by atoms with Crippen LogP contribution in [0.2, 0.25) is 5.02 Å². The van der Waals surface area contributed by atoms with Crippen molar-refractivity contribution in [1.29, 1.82) is 0 Å². The second-order valence-electron chi connectivity index (χ2n) is 2.87. The van der Waals surface area contributed by atoms with Crippen molar-refractivity contribution in [2.24, 2.45) is 0 Å². The van der Waals surface area contributed by atoms with E-state index in [2.05, 4.69) is 4.98 Å². The van der Waals surface area contributed by atoms with E-state index in [-0.39, 0.29) is 5.82 Å². The highest BCUT2D eigenvalue weighted by Gasteiger charge is 2.00. The van der Waals surface area contributed by atoms with Crippen LogP contribution in [0, 0.1) is 5.82 Å². The molecule has 0 saturated carbocycles. The summed E-state index contributed by atoms with van der Waals surface area (Å²) in [6, 6.07) is 9.87. The minimum absolute atomic E-state index is 0.296. The van der Waals surface area contributed by atoms with Crippen molar-refractivity contribution in [2.75, 3.05) is 0 Å². The van der Waals surface area contributed by atoms with E-state index in [1.165, 1.54) is 18.3 Å². The molecule has 2 rings (SSSR count). The zero-order chi connectivity index (χ0) is 9.97. The molecule has 14 heavy (non-hydrogen) atoms. The molecule has 0 aliphatic carbocycles. The average Bonchev–Trinajstić information content (AvgIpc) is 2.18. The van der Waals surface area contributed by atoms with E-state index in [0.717, 1.165) is 5.56 Å². The van der Waals surface area contributed by atoms with Crippen LogP contribution in [-0.2, 0) is 0 Å². The molecule has 0 saturated heterocycles. The molecule has 1 aromatic carbocycles. The van der Waals surface area contributed by atoms with E-state index in [4.69, 9.17) is 11.6 Å². The van der Waals surface area contributed by atoms with E-state index < -0.39 is 0 Å². The highest BCUT2D eigenvalue weighted by molar-refractivity contribution is 6.30. The molecule has 1 heterocycles. The van der Waals surface area contributed by atoms with Gasteiger partial charge in [-0.3, -0.25) is 4.98 Å². The summed E-state index contributed by atoms with van der Waals surface area (Å²) in [5.74, 6) is -0.296. The highest BCUT2D eigenvalue weighted by atomic mass is 35.5. The summed E-state index contributed by atoms with van der Waals surface area (Å²) in [6.45, 7) is 0. The van der Waals surface area contributed by atoms with Gasteiger partial charge in [-0.05, 0) is 18.2 Å². The van der Waals surface area contributed by atoms with Crippen LogP contribution in [-0.4, -0.2) is 4.98 Å². The number of hydrogen-bond acceptors (Lipinski definition) is 1. The van der Waals surface area contributed by atoms with E-state index in [0.29, 0.717) is 10.7 Å². The fourth-order valence-corrected chi connectivity index (χ4v) is 1.40. The Labute approximate surface area is 86.2 Å². The Balaban J connectivity index is 2.49. The zero-order valence-corrected chi connectivity index (χ0v) is 8.00. The molecule has 0 atom stereocenters. The Bertz CT molecular complexity index is 413. The van der Waals surface area contributed by atoms with Gasteiger partial charge in [-0.1, -0.05) is 23.7 Å². The van der Waals surface area contributed by atoms with E-state index in [1.54, 1.807) is 12.1 Å². The Morgan fingerprint density at radius 3 is 2.71 bits per heavy atom. The second kappa shape index (κ2) is 3.76. The SMILES string of the molecule is Fc1ccnc(-c2cccc(Cl)c2)c1. The zero-order valence-electron chi connectivity index (χ0n) is 7.24. The maximum Gasteiger partial charge on any atom is 0.126 e. The van der Waals surface area contributed by atoms with Crippen LogP contribution >= 0.6 is 11.6 Å². The van der Waals surface area contributed by atoms with Crippen LogP contribution in [0.5, 0.6) is 0 Å². The maximum atomic E-state index is 12.9. The first-order chi connectivity index (χ1) is 6.75. The summed E-state index contributed by atoms with van der Waals surface area (Å²) < 4.78 is 12.9. The van der Waals surface area contributed by atoms with Crippen molar-refractivity contribution >= 4 is 11.6 Å². The maximum absolute atomic E-state index is 12.9. The lowest BCUT2D eigenvalue weighted by Crippen LogP contribution is -1.84. The number of nitrogens with zero attached hydrogens (tertiary/aromatic N) is 1. The first kappa shape index (κ1) is 9.16. The molecular weight excluding hydrogens is 201 g/mol. The second-order valence-corrected chi connectivity index (χ2v) is 3.31. The van der Waals surface area contributed by atoms with Gasteiger partial charge in [0.1, 0.15) is 5.82 Å². The van der Waals surface area contributed by atoms with Gasteiger partial charge in [0, 0.05) is 22.8 Å². The molecule has 0 spiro atoms. The summed E-state index contributed by atoms with van der Waals surface area (Å²) in [6.07, 6.45) is 1.44. The molecule has 0 fully saturated rings. The predicted octanol–water partition coefficient (Wildman–Crippen LogP) is 3.54. The number of pyridine rings is 1. The Morgan fingerprint density at radius 2 is 2.00 bits per heavy atom. The molecule has 1 nitrogen and oxygen atoms in total. The fraction of sp³-hybridized carbons (Fsp3) is 0. The topological polar surface area (TPSA) is 12.9 Å². The minimum atomic E-state index is -0.296. The molecule has 2 aromatic rings. The minimum Gasteiger partial charge on any atom is -0.256 e. The molecule has 0 N–H and O–H groups in total. The highest BCUT2D eigenvalue weighted by Crippen LogP contribution is 2.20. The van der Waals surface area contributed by atoms with Gasteiger partial charge in [-0.2, -0.15) is 0 Å². The third kappa shape index (κ3) is 1.91. The van der Waals surface area contributed by atoms with Crippen LogP contribution < -0.4 is 0 Å². The molecule has 0 aliphatic heterocycles. The number of halogens is 2. The van der Waals surface area contributed by atoms with Crippen LogP contribution in [0.4, 0.5) is 4.39 Å². The molecular formula is C11H7ClFN. The normalized spacial score (nSPS) is 10.1. The van der Waals surface area contributed by atoms with Crippen LogP contribution in [0.3, 0.4) is 0 Å². The molecule has 0 radical (unpaired) electrons. The lowest BCUT2D eigenvalue weighted by molar-refractivity contribution is 0.626. The fourth-order valence-electron chi connectivity index (χ4n) is 1.21. The van der Waals surface area contributed by atoms with Crippen molar-refractivity contribution in [3.8, 4) is 11.3 Å². The van der Waals surface area contributed by atoms with Gasteiger partial charge < -0.3 is 0 Å². The third-order valence-electron chi connectivity index (χ3n) is 1.84. The molecule has 70 valence electrons. The largest absolute Gasteiger partial charge is 0.256 e. The van der Waals surface area contributed by atoms with Gasteiger partial charge in [0.15, 0.2) is 0 Å². The third-order valence-corrected chi connectivity index (χ3v) is 2.08. The summed E-state index contributed by atoms with van der Waals surface area (Å²) in [4.78, 5) is 4.05. The molecule has 3 heteroatoms.